The van der Waals surface area contributed by atoms with Crippen molar-refractivity contribution in [3.05, 3.63) is 52.8 Å². The monoisotopic (exact) mass is 268 g/mol. The van der Waals surface area contributed by atoms with Gasteiger partial charge in [0.05, 0.1) is 5.38 Å². The van der Waals surface area contributed by atoms with E-state index in [2.05, 4.69) is 6.92 Å². The summed E-state index contributed by atoms with van der Waals surface area (Å²) in [4.78, 5) is 0. The van der Waals surface area contributed by atoms with E-state index >= 15 is 0 Å². The van der Waals surface area contributed by atoms with Crippen molar-refractivity contribution >= 4 is 23.2 Å². The van der Waals surface area contributed by atoms with Crippen molar-refractivity contribution in [2.24, 2.45) is 5.92 Å². The number of rotatable bonds is 2. The Labute approximate surface area is 112 Å². The van der Waals surface area contributed by atoms with Gasteiger partial charge in [-0.3, -0.25) is 0 Å². The lowest BCUT2D eigenvalue weighted by Crippen LogP contribution is -2.12. The van der Waals surface area contributed by atoms with Gasteiger partial charge in [-0.25, -0.2) is 0 Å². The molecule has 0 N–H and O–H groups in total. The minimum atomic E-state index is -0.0177. The number of halogens is 2. The lowest BCUT2D eigenvalue weighted by Gasteiger charge is -2.17. The molecule has 1 unspecified atom stereocenters. The van der Waals surface area contributed by atoms with Crippen LogP contribution in [0.1, 0.15) is 12.5 Å². The molecular formula is C14H14Cl2O. The Balaban J connectivity index is 2.14. The van der Waals surface area contributed by atoms with E-state index in [1.807, 2.05) is 43.4 Å². The fourth-order valence-corrected chi connectivity index (χ4v) is 1.94. The highest BCUT2D eigenvalue weighted by atomic mass is 35.5. The van der Waals surface area contributed by atoms with Crippen LogP contribution < -0.4 is 4.74 Å². The second-order valence-electron chi connectivity index (χ2n) is 4.24. The van der Waals surface area contributed by atoms with Crippen LogP contribution in [0.3, 0.4) is 0 Å². The first-order valence-electron chi connectivity index (χ1n) is 5.54. The molecule has 0 heterocycles. The number of benzene rings is 1. The van der Waals surface area contributed by atoms with Gasteiger partial charge in [0, 0.05) is 5.02 Å². The van der Waals surface area contributed by atoms with Crippen molar-refractivity contribution in [1.82, 2.24) is 0 Å². The quantitative estimate of drug-likeness (QED) is 0.705. The number of hydrogen-bond donors (Lipinski definition) is 0. The minimum Gasteiger partial charge on any atom is -0.458 e. The molecule has 90 valence electrons. The molecule has 0 amide bonds. The number of alkyl halides is 1. The SMILES string of the molecule is Cc1ccc(OC2=CC(Cl)[C@@H](C)C=C2)cc1Cl. The molecule has 1 aliphatic rings. The van der Waals surface area contributed by atoms with Crippen molar-refractivity contribution < 1.29 is 4.74 Å². The summed E-state index contributed by atoms with van der Waals surface area (Å²) in [6, 6.07) is 5.65. The Hall–Kier alpha value is -0.920. The van der Waals surface area contributed by atoms with Crippen molar-refractivity contribution in [2.45, 2.75) is 19.2 Å². The lowest BCUT2D eigenvalue weighted by atomic mass is 10.0. The van der Waals surface area contributed by atoms with Gasteiger partial charge in [0.2, 0.25) is 0 Å². The largest absolute Gasteiger partial charge is 0.458 e. The third kappa shape index (κ3) is 3.05. The van der Waals surface area contributed by atoms with Gasteiger partial charge in [-0.2, -0.15) is 0 Å². The zero-order valence-corrected chi connectivity index (χ0v) is 11.3. The van der Waals surface area contributed by atoms with E-state index in [1.54, 1.807) is 0 Å². The minimum absolute atomic E-state index is 0.0177. The van der Waals surface area contributed by atoms with Gasteiger partial charge in [-0.15, -0.1) is 11.6 Å². The zero-order valence-electron chi connectivity index (χ0n) is 9.78. The van der Waals surface area contributed by atoms with Gasteiger partial charge in [0.1, 0.15) is 11.5 Å². The molecule has 17 heavy (non-hydrogen) atoms. The van der Waals surface area contributed by atoms with Crippen LogP contribution in [0.15, 0.2) is 42.2 Å². The molecule has 1 aromatic carbocycles. The van der Waals surface area contributed by atoms with E-state index in [0.717, 1.165) is 17.1 Å². The number of allylic oxidation sites excluding steroid dienone is 3. The number of ether oxygens (including phenoxy) is 1. The Bertz CT molecular complexity index is 477. The summed E-state index contributed by atoms with van der Waals surface area (Å²) in [6.45, 7) is 4.03. The summed E-state index contributed by atoms with van der Waals surface area (Å²) >= 11 is 12.2. The smallest absolute Gasteiger partial charge is 0.128 e. The molecule has 3 heteroatoms. The maximum absolute atomic E-state index is 6.15. The average molecular weight is 269 g/mol. The van der Waals surface area contributed by atoms with Crippen molar-refractivity contribution in [1.29, 1.82) is 0 Å². The highest BCUT2D eigenvalue weighted by Gasteiger charge is 2.15. The van der Waals surface area contributed by atoms with Gasteiger partial charge in [0.15, 0.2) is 0 Å². The Morgan fingerprint density at radius 1 is 1.29 bits per heavy atom. The fourth-order valence-electron chi connectivity index (χ4n) is 1.56. The summed E-state index contributed by atoms with van der Waals surface area (Å²) in [5.41, 5.74) is 1.04. The average Bonchev–Trinajstić information content (AvgIpc) is 2.29. The van der Waals surface area contributed by atoms with E-state index in [4.69, 9.17) is 27.9 Å². The first-order chi connectivity index (χ1) is 8.06. The molecule has 0 radical (unpaired) electrons. The fraction of sp³-hybridized carbons (Fsp3) is 0.286. The summed E-state index contributed by atoms with van der Waals surface area (Å²) in [5, 5.41) is 0.689. The molecule has 0 saturated carbocycles. The second kappa shape index (κ2) is 5.16. The standard InChI is InChI=1S/C14H14Cl2O/c1-9-3-5-11(7-13(9)15)17-12-6-4-10(2)14(16)8-12/h3-9,13H,1-2H3/t9-,13?/m0/s1. The molecule has 1 aliphatic carbocycles. The number of aryl methyl sites for hydroxylation is 1. The molecular weight excluding hydrogens is 255 g/mol. The van der Waals surface area contributed by atoms with E-state index < -0.39 is 0 Å². The Morgan fingerprint density at radius 2 is 2.06 bits per heavy atom. The van der Waals surface area contributed by atoms with Crippen molar-refractivity contribution in [3.8, 4) is 5.75 Å². The van der Waals surface area contributed by atoms with E-state index in [1.165, 1.54) is 0 Å². The van der Waals surface area contributed by atoms with Gasteiger partial charge >= 0.3 is 0 Å². The molecule has 0 aromatic heterocycles. The lowest BCUT2D eigenvalue weighted by molar-refractivity contribution is 0.435. The molecule has 1 aromatic rings. The Morgan fingerprint density at radius 3 is 2.71 bits per heavy atom. The first-order valence-corrected chi connectivity index (χ1v) is 6.36. The van der Waals surface area contributed by atoms with Gasteiger partial charge in [-0.05, 0) is 42.7 Å². The molecule has 0 bridgehead atoms. The van der Waals surface area contributed by atoms with E-state index in [9.17, 15) is 0 Å². The van der Waals surface area contributed by atoms with E-state index in [0.29, 0.717) is 10.9 Å². The molecule has 0 fully saturated rings. The van der Waals surface area contributed by atoms with E-state index in [-0.39, 0.29) is 5.38 Å². The summed E-state index contributed by atoms with van der Waals surface area (Å²) in [5.74, 6) is 1.84. The predicted molar refractivity (Wildman–Crippen MR) is 72.8 cm³/mol. The maximum Gasteiger partial charge on any atom is 0.128 e. The van der Waals surface area contributed by atoms with Crippen molar-refractivity contribution in [2.75, 3.05) is 0 Å². The van der Waals surface area contributed by atoms with Gasteiger partial charge in [0.25, 0.3) is 0 Å². The highest BCUT2D eigenvalue weighted by molar-refractivity contribution is 6.31. The van der Waals surface area contributed by atoms with Crippen LogP contribution in [0.25, 0.3) is 0 Å². The Kier molecular flexibility index (Phi) is 3.80. The third-order valence-corrected chi connectivity index (χ3v) is 3.70. The predicted octanol–water partition coefficient (Wildman–Crippen LogP) is 4.72. The number of hydrogen-bond acceptors (Lipinski definition) is 1. The van der Waals surface area contributed by atoms with Crippen LogP contribution in [-0.4, -0.2) is 5.38 Å². The van der Waals surface area contributed by atoms with Crippen LogP contribution in [-0.2, 0) is 0 Å². The van der Waals surface area contributed by atoms with Crippen LogP contribution in [0.2, 0.25) is 5.02 Å². The van der Waals surface area contributed by atoms with Gasteiger partial charge in [-0.1, -0.05) is 30.7 Å². The van der Waals surface area contributed by atoms with Crippen LogP contribution in [0.5, 0.6) is 5.75 Å². The highest BCUT2D eigenvalue weighted by Crippen LogP contribution is 2.26. The van der Waals surface area contributed by atoms with Crippen LogP contribution in [0.4, 0.5) is 0 Å². The summed E-state index contributed by atoms with van der Waals surface area (Å²) in [7, 11) is 0. The second-order valence-corrected chi connectivity index (χ2v) is 5.16. The normalized spacial score (nSPS) is 23.4. The summed E-state index contributed by atoms with van der Waals surface area (Å²) < 4.78 is 5.72. The molecule has 2 atom stereocenters. The molecule has 0 spiro atoms. The molecule has 1 nitrogen and oxygen atoms in total. The van der Waals surface area contributed by atoms with Crippen molar-refractivity contribution in [3.63, 3.8) is 0 Å². The summed E-state index contributed by atoms with van der Waals surface area (Å²) in [6.07, 6.45) is 5.90. The molecule has 2 rings (SSSR count). The topological polar surface area (TPSA) is 9.23 Å². The van der Waals surface area contributed by atoms with Gasteiger partial charge < -0.3 is 4.74 Å². The zero-order chi connectivity index (χ0) is 12.4. The first kappa shape index (κ1) is 12.5. The van der Waals surface area contributed by atoms with Crippen LogP contribution >= 0.6 is 23.2 Å². The molecule has 0 aliphatic heterocycles. The molecule has 0 saturated heterocycles. The maximum atomic E-state index is 6.15. The van der Waals surface area contributed by atoms with Crippen LogP contribution in [0, 0.1) is 12.8 Å². The third-order valence-electron chi connectivity index (χ3n) is 2.77.